The highest BCUT2D eigenvalue weighted by Gasteiger charge is 2.45. The predicted molar refractivity (Wildman–Crippen MR) is 87.5 cm³/mol. The summed E-state index contributed by atoms with van der Waals surface area (Å²) in [6, 6.07) is 2.39. The number of rotatable bonds is 3. The minimum atomic E-state index is -1.53. The van der Waals surface area contributed by atoms with Gasteiger partial charge >= 0.3 is 12.1 Å². The van der Waals surface area contributed by atoms with Gasteiger partial charge in [0.15, 0.2) is 0 Å². The number of nitro groups is 1. The first-order valence-corrected chi connectivity index (χ1v) is 7.22. The van der Waals surface area contributed by atoms with Crippen LogP contribution < -0.4 is 0 Å². The summed E-state index contributed by atoms with van der Waals surface area (Å²) in [5.74, 6) is -2.73. The third-order valence-corrected chi connectivity index (χ3v) is 4.22. The van der Waals surface area contributed by atoms with Gasteiger partial charge < -0.3 is 10.2 Å². The molecule has 0 saturated heterocycles. The molecule has 1 aliphatic heterocycles. The van der Waals surface area contributed by atoms with Crippen LogP contribution in [-0.2, 0) is 4.79 Å². The maximum Gasteiger partial charge on any atom is 0.414 e. The molecule has 0 saturated carbocycles. The molecule has 11 heteroatoms. The molecule has 1 heterocycles. The molecule has 1 aliphatic rings. The molecule has 126 valence electrons. The molecule has 0 bridgehead atoms. The number of halogens is 1. The highest BCUT2D eigenvalue weighted by atomic mass is 35.5. The SMILES string of the molecule is CC1=NC(=S)N(C(=O)O)C(c2cccc([N+](=O)[O-])c2Cl)C1C(=O)O. The highest BCUT2D eigenvalue weighted by Crippen LogP contribution is 2.40. The zero-order valence-electron chi connectivity index (χ0n) is 12.0. The van der Waals surface area contributed by atoms with Crippen molar-refractivity contribution in [2.45, 2.75) is 13.0 Å². The Morgan fingerprint density at radius 2 is 2.04 bits per heavy atom. The van der Waals surface area contributed by atoms with Crippen LogP contribution in [0.3, 0.4) is 0 Å². The molecule has 2 N–H and O–H groups in total. The van der Waals surface area contributed by atoms with Crippen molar-refractivity contribution >= 4 is 52.4 Å². The lowest BCUT2D eigenvalue weighted by atomic mass is 9.87. The number of thiocarbonyl (C=S) groups is 1. The van der Waals surface area contributed by atoms with Crippen LogP contribution >= 0.6 is 23.8 Å². The third kappa shape index (κ3) is 2.93. The fourth-order valence-corrected chi connectivity index (χ4v) is 3.15. The molecular weight excluding hydrogens is 362 g/mol. The average molecular weight is 372 g/mol. The number of carbonyl (C=O) groups is 2. The van der Waals surface area contributed by atoms with Crippen molar-refractivity contribution in [2.24, 2.45) is 10.9 Å². The van der Waals surface area contributed by atoms with Gasteiger partial charge in [0, 0.05) is 17.3 Å². The molecule has 0 aliphatic carbocycles. The van der Waals surface area contributed by atoms with Gasteiger partial charge in [-0.25, -0.2) is 14.7 Å². The largest absolute Gasteiger partial charge is 0.481 e. The number of carboxylic acid groups (broad SMARTS) is 2. The van der Waals surface area contributed by atoms with Gasteiger partial charge in [-0.2, -0.15) is 0 Å². The molecule has 24 heavy (non-hydrogen) atoms. The minimum absolute atomic E-state index is 0.0303. The lowest BCUT2D eigenvalue weighted by molar-refractivity contribution is -0.384. The van der Waals surface area contributed by atoms with E-state index in [0.717, 1.165) is 6.07 Å². The molecule has 9 nitrogen and oxygen atoms in total. The highest BCUT2D eigenvalue weighted by molar-refractivity contribution is 7.80. The summed E-state index contributed by atoms with van der Waals surface area (Å²) >= 11 is 10.9. The number of amides is 1. The smallest absolute Gasteiger partial charge is 0.414 e. The fourth-order valence-electron chi connectivity index (χ4n) is 2.51. The third-order valence-electron chi connectivity index (χ3n) is 3.52. The van der Waals surface area contributed by atoms with E-state index in [0.29, 0.717) is 4.90 Å². The van der Waals surface area contributed by atoms with E-state index in [4.69, 9.17) is 23.8 Å². The molecule has 0 fully saturated rings. The van der Waals surface area contributed by atoms with Crippen molar-refractivity contribution in [3.8, 4) is 0 Å². The van der Waals surface area contributed by atoms with E-state index in [1.54, 1.807) is 0 Å². The van der Waals surface area contributed by atoms with Gasteiger partial charge in [-0.3, -0.25) is 14.9 Å². The van der Waals surface area contributed by atoms with E-state index in [2.05, 4.69) is 4.99 Å². The first kappa shape index (κ1) is 17.8. The number of aliphatic carboxylic acids is 1. The Balaban J connectivity index is 2.75. The topological polar surface area (TPSA) is 133 Å². The van der Waals surface area contributed by atoms with Gasteiger partial charge in [-0.1, -0.05) is 23.7 Å². The van der Waals surface area contributed by atoms with Gasteiger partial charge in [0.1, 0.15) is 10.9 Å². The van der Waals surface area contributed by atoms with Crippen LogP contribution in [0.25, 0.3) is 0 Å². The second-order valence-corrected chi connectivity index (χ2v) is 5.63. The van der Waals surface area contributed by atoms with Crippen LogP contribution in [0.5, 0.6) is 0 Å². The van der Waals surface area contributed by atoms with Crippen molar-refractivity contribution in [1.29, 1.82) is 0 Å². The van der Waals surface area contributed by atoms with Gasteiger partial charge in [0.2, 0.25) is 5.11 Å². The van der Waals surface area contributed by atoms with Gasteiger partial charge in [-0.15, -0.1) is 0 Å². The van der Waals surface area contributed by atoms with E-state index in [9.17, 15) is 29.9 Å². The monoisotopic (exact) mass is 371 g/mol. The second-order valence-electron chi connectivity index (χ2n) is 4.89. The maximum atomic E-state index is 11.6. The zero-order chi connectivity index (χ0) is 18.2. The summed E-state index contributed by atoms with van der Waals surface area (Å²) in [5, 5.41) is 29.2. The van der Waals surface area contributed by atoms with E-state index in [-0.39, 0.29) is 21.4 Å². The summed E-state index contributed by atoms with van der Waals surface area (Å²) in [5.41, 5.74) is -0.412. The Hall–Kier alpha value is -2.59. The van der Waals surface area contributed by atoms with Gasteiger partial charge in [-0.05, 0) is 19.1 Å². The lowest BCUT2D eigenvalue weighted by Gasteiger charge is -2.36. The van der Waals surface area contributed by atoms with Crippen LogP contribution in [0.4, 0.5) is 10.5 Å². The van der Waals surface area contributed by atoms with Crippen LogP contribution in [0, 0.1) is 16.0 Å². The maximum absolute atomic E-state index is 11.6. The summed E-state index contributed by atoms with van der Waals surface area (Å²) in [6.07, 6.45) is -1.53. The minimum Gasteiger partial charge on any atom is -0.481 e. The van der Waals surface area contributed by atoms with Crippen LogP contribution in [0.1, 0.15) is 18.5 Å². The van der Waals surface area contributed by atoms with Crippen molar-refractivity contribution in [3.63, 3.8) is 0 Å². The van der Waals surface area contributed by atoms with E-state index in [1.807, 2.05) is 0 Å². The van der Waals surface area contributed by atoms with Crippen molar-refractivity contribution < 1.29 is 24.7 Å². The molecule has 2 rings (SSSR count). The molecule has 0 radical (unpaired) electrons. The lowest BCUT2D eigenvalue weighted by Crippen LogP contribution is -2.48. The Morgan fingerprint density at radius 1 is 1.42 bits per heavy atom. The number of benzene rings is 1. The number of nitrogens with zero attached hydrogens (tertiary/aromatic N) is 3. The Kier molecular flexibility index (Phi) is 4.81. The average Bonchev–Trinajstić information content (AvgIpc) is 2.45. The molecular formula is C13H10ClN3O6S. The van der Waals surface area contributed by atoms with E-state index in [1.165, 1.54) is 19.1 Å². The van der Waals surface area contributed by atoms with Crippen molar-refractivity contribution in [2.75, 3.05) is 0 Å². The van der Waals surface area contributed by atoms with Gasteiger partial charge in [0.05, 0.1) is 11.0 Å². The van der Waals surface area contributed by atoms with Crippen molar-refractivity contribution in [3.05, 3.63) is 38.9 Å². The van der Waals surface area contributed by atoms with Crippen LogP contribution in [-0.4, -0.2) is 42.9 Å². The Morgan fingerprint density at radius 3 is 2.54 bits per heavy atom. The first-order chi connectivity index (χ1) is 11.2. The Labute approximate surface area is 145 Å². The second kappa shape index (κ2) is 6.49. The van der Waals surface area contributed by atoms with Crippen LogP contribution in [0.2, 0.25) is 5.02 Å². The number of nitro benzene ring substituents is 1. The molecule has 0 spiro atoms. The quantitative estimate of drug-likeness (QED) is 0.474. The molecule has 1 aromatic carbocycles. The van der Waals surface area contributed by atoms with E-state index < -0.39 is 34.6 Å². The molecule has 1 amide bonds. The number of carboxylic acids is 1. The summed E-state index contributed by atoms with van der Waals surface area (Å²) < 4.78 is 0. The number of hydrogen-bond donors (Lipinski definition) is 2. The first-order valence-electron chi connectivity index (χ1n) is 6.43. The summed E-state index contributed by atoms with van der Waals surface area (Å²) in [6.45, 7) is 1.39. The van der Waals surface area contributed by atoms with Crippen molar-refractivity contribution in [1.82, 2.24) is 4.90 Å². The zero-order valence-corrected chi connectivity index (χ0v) is 13.6. The molecule has 2 atom stereocenters. The van der Waals surface area contributed by atoms with Crippen LogP contribution in [0.15, 0.2) is 23.2 Å². The standard InChI is InChI=1S/C13H10ClN3O6S/c1-5-8(11(18)19)10(16(13(20)21)12(24)15-5)6-3-2-4-7(9(6)14)17(22)23/h2-4,8,10H,1H3,(H,18,19)(H,20,21). The van der Waals surface area contributed by atoms with E-state index >= 15 is 0 Å². The molecule has 2 unspecified atom stereocenters. The normalized spacial score (nSPS) is 20.5. The summed E-state index contributed by atoms with van der Waals surface area (Å²) in [4.78, 5) is 37.8. The number of aliphatic imine (C=N–C) groups is 1. The Bertz CT molecular complexity index is 796. The fraction of sp³-hybridized carbons (Fsp3) is 0.231. The molecule has 0 aromatic heterocycles. The number of hydrogen-bond acceptors (Lipinski definition) is 5. The summed E-state index contributed by atoms with van der Waals surface area (Å²) in [7, 11) is 0. The molecule has 1 aromatic rings. The predicted octanol–water partition coefficient (Wildman–Crippen LogP) is 2.73. The van der Waals surface area contributed by atoms with Gasteiger partial charge in [0.25, 0.3) is 5.69 Å².